The van der Waals surface area contributed by atoms with E-state index in [1.165, 1.54) is 0 Å². The van der Waals surface area contributed by atoms with Crippen molar-refractivity contribution in [2.45, 2.75) is 33.0 Å². The van der Waals surface area contributed by atoms with Crippen LogP contribution in [-0.2, 0) is 9.47 Å². The fourth-order valence-electron chi connectivity index (χ4n) is 4.11. The Kier molecular flexibility index (Phi) is 5.33. The van der Waals surface area contributed by atoms with Gasteiger partial charge in [-0.2, -0.15) is 9.97 Å². The van der Waals surface area contributed by atoms with Gasteiger partial charge in [-0.15, -0.1) is 0 Å². The van der Waals surface area contributed by atoms with E-state index in [1.54, 1.807) is 0 Å². The number of hydrogen-bond donors (Lipinski definition) is 1. The molecule has 5 heterocycles. The number of fused-ring (bicyclic) bond motifs is 1. The van der Waals surface area contributed by atoms with Crippen LogP contribution in [-0.4, -0.2) is 71.7 Å². The van der Waals surface area contributed by atoms with Crippen LogP contribution in [0.1, 0.15) is 19.6 Å². The lowest BCUT2D eigenvalue weighted by molar-refractivity contribution is -0.00570. The molecule has 31 heavy (non-hydrogen) atoms. The van der Waals surface area contributed by atoms with Gasteiger partial charge in [-0.1, -0.05) is 5.16 Å². The topological polar surface area (TPSA) is 102 Å². The Morgan fingerprint density at radius 1 is 0.968 bits per heavy atom. The molecule has 3 aromatic rings. The highest BCUT2D eigenvalue weighted by molar-refractivity contribution is 5.89. The summed E-state index contributed by atoms with van der Waals surface area (Å²) in [5.74, 6) is 3.58. The Bertz CT molecular complexity index is 1060. The highest BCUT2D eigenvalue weighted by Crippen LogP contribution is 2.29. The van der Waals surface area contributed by atoms with E-state index in [-0.39, 0.29) is 12.2 Å². The Morgan fingerprint density at radius 3 is 2.45 bits per heavy atom. The summed E-state index contributed by atoms with van der Waals surface area (Å²) in [4.78, 5) is 19.0. The lowest BCUT2D eigenvalue weighted by Gasteiger charge is -2.36. The van der Waals surface area contributed by atoms with Gasteiger partial charge in [0.2, 0.25) is 5.95 Å². The van der Waals surface area contributed by atoms with Crippen molar-refractivity contribution < 1.29 is 14.0 Å². The minimum absolute atomic E-state index is 0.117. The van der Waals surface area contributed by atoms with Crippen molar-refractivity contribution in [2.75, 3.05) is 54.5 Å². The van der Waals surface area contributed by atoms with Crippen molar-refractivity contribution in [1.82, 2.24) is 20.1 Å². The van der Waals surface area contributed by atoms with Crippen LogP contribution < -0.4 is 15.1 Å². The number of pyridine rings is 1. The monoisotopic (exact) mass is 425 g/mol. The Labute approximate surface area is 180 Å². The summed E-state index contributed by atoms with van der Waals surface area (Å²) in [6, 6.07) is 5.75. The van der Waals surface area contributed by atoms with E-state index in [0.29, 0.717) is 36.4 Å². The first-order valence-corrected chi connectivity index (χ1v) is 10.7. The summed E-state index contributed by atoms with van der Waals surface area (Å²) in [6.07, 6.45) is 0.234. The molecule has 2 fully saturated rings. The minimum atomic E-state index is 0.117. The normalized spacial score (nSPS) is 22.2. The zero-order chi connectivity index (χ0) is 21.4. The van der Waals surface area contributed by atoms with Gasteiger partial charge in [0.15, 0.2) is 11.5 Å². The summed E-state index contributed by atoms with van der Waals surface area (Å²) in [7, 11) is 0. The number of aromatic nitrogens is 4. The standard InChI is InChI=1S/C21H27N7O3/c1-13-10-18(26-31-13)22-17-5-4-16-19(23-17)24-21(28-11-14(2)30-15(3)12-28)25-20(16)27-6-8-29-9-7-27/h4-5,10,14-15H,6-9,11-12H2,1-3H3,(H,22,23,24,25,26). The first-order chi connectivity index (χ1) is 15.0. The molecule has 5 rings (SSSR count). The molecular weight excluding hydrogens is 398 g/mol. The molecule has 2 saturated heterocycles. The molecule has 1 N–H and O–H groups in total. The van der Waals surface area contributed by atoms with Crippen molar-refractivity contribution in [2.24, 2.45) is 0 Å². The average molecular weight is 425 g/mol. The predicted octanol–water partition coefficient (Wildman–Crippen LogP) is 2.52. The van der Waals surface area contributed by atoms with E-state index in [0.717, 1.165) is 43.1 Å². The summed E-state index contributed by atoms with van der Waals surface area (Å²) in [5.41, 5.74) is 0.642. The van der Waals surface area contributed by atoms with Crippen LogP contribution in [0.4, 0.5) is 23.4 Å². The lowest BCUT2D eigenvalue weighted by Crippen LogP contribution is -2.46. The molecule has 0 amide bonds. The van der Waals surface area contributed by atoms with Gasteiger partial charge in [0, 0.05) is 32.2 Å². The summed E-state index contributed by atoms with van der Waals surface area (Å²) >= 11 is 0. The van der Waals surface area contributed by atoms with Gasteiger partial charge in [0.05, 0.1) is 30.8 Å². The second-order valence-corrected chi connectivity index (χ2v) is 8.12. The molecule has 0 spiro atoms. The number of ether oxygens (including phenoxy) is 2. The fraction of sp³-hybridized carbons (Fsp3) is 0.524. The molecule has 164 valence electrons. The minimum Gasteiger partial charge on any atom is -0.378 e. The summed E-state index contributed by atoms with van der Waals surface area (Å²) in [6.45, 7) is 10.4. The molecule has 2 aliphatic rings. The predicted molar refractivity (Wildman–Crippen MR) is 117 cm³/mol. The van der Waals surface area contributed by atoms with Crippen molar-refractivity contribution in [1.29, 1.82) is 0 Å². The molecule has 0 radical (unpaired) electrons. The van der Waals surface area contributed by atoms with E-state index < -0.39 is 0 Å². The number of nitrogens with one attached hydrogen (secondary N) is 1. The van der Waals surface area contributed by atoms with E-state index in [1.807, 2.05) is 25.1 Å². The molecule has 2 aliphatic heterocycles. The smallest absolute Gasteiger partial charge is 0.229 e. The maximum Gasteiger partial charge on any atom is 0.229 e. The van der Waals surface area contributed by atoms with Crippen molar-refractivity contribution >= 4 is 34.4 Å². The van der Waals surface area contributed by atoms with Crippen LogP contribution in [0.25, 0.3) is 11.0 Å². The van der Waals surface area contributed by atoms with Crippen molar-refractivity contribution in [3.05, 3.63) is 24.0 Å². The lowest BCUT2D eigenvalue weighted by atomic mass is 10.2. The number of anilines is 4. The Morgan fingerprint density at radius 2 is 1.74 bits per heavy atom. The Hall–Kier alpha value is -2.98. The third-order valence-corrected chi connectivity index (χ3v) is 5.43. The quantitative estimate of drug-likeness (QED) is 0.671. The molecule has 10 heteroatoms. The number of nitrogens with zero attached hydrogens (tertiary/aromatic N) is 6. The first-order valence-electron chi connectivity index (χ1n) is 10.7. The van der Waals surface area contributed by atoms with Gasteiger partial charge < -0.3 is 29.1 Å². The van der Waals surface area contributed by atoms with E-state index >= 15 is 0 Å². The number of hydrogen-bond acceptors (Lipinski definition) is 10. The van der Waals surface area contributed by atoms with E-state index in [4.69, 9.17) is 28.9 Å². The van der Waals surface area contributed by atoms with Gasteiger partial charge in [0.1, 0.15) is 17.4 Å². The van der Waals surface area contributed by atoms with Crippen LogP contribution in [0.2, 0.25) is 0 Å². The van der Waals surface area contributed by atoms with Gasteiger partial charge in [0.25, 0.3) is 0 Å². The van der Waals surface area contributed by atoms with E-state index in [9.17, 15) is 0 Å². The van der Waals surface area contributed by atoms with Gasteiger partial charge >= 0.3 is 0 Å². The summed E-state index contributed by atoms with van der Waals surface area (Å²) < 4.78 is 16.6. The molecule has 0 aliphatic carbocycles. The largest absolute Gasteiger partial charge is 0.378 e. The molecule has 2 unspecified atom stereocenters. The third-order valence-electron chi connectivity index (χ3n) is 5.43. The second kappa shape index (κ2) is 8.27. The highest BCUT2D eigenvalue weighted by Gasteiger charge is 2.26. The molecule has 0 bridgehead atoms. The molecule has 3 aromatic heterocycles. The average Bonchev–Trinajstić information content (AvgIpc) is 3.17. The van der Waals surface area contributed by atoms with Crippen LogP contribution in [0.3, 0.4) is 0 Å². The number of morpholine rings is 2. The highest BCUT2D eigenvalue weighted by atomic mass is 16.5. The van der Waals surface area contributed by atoms with Gasteiger partial charge in [-0.3, -0.25) is 0 Å². The van der Waals surface area contributed by atoms with Crippen LogP contribution in [0, 0.1) is 6.92 Å². The maximum atomic E-state index is 5.89. The number of rotatable bonds is 4. The van der Waals surface area contributed by atoms with Gasteiger partial charge in [-0.25, -0.2) is 4.98 Å². The van der Waals surface area contributed by atoms with Gasteiger partial charge in [-0.05, 0) is 32.9 Å². The SMILES string of the molecule is Cc1cc(Nc2ccc3c(N4CCOCC4)nc(N4CC(C)OC(C)C4)nc3n2)no1. The van der Waals surface area contributed by atoms with Crippen LogP contribution in [0.15, 0.2) is 22.7 Å². The molecular formula is C21H27N7O3. The van der Waals surface area contributed by atoms with Crippen LogP contribution >= 0.6 is 0 Å². The fourth-order valence-corrected chi connectivity index (χ4v) is 4.11. The van der Waals surface area contributed by atoms with Crippen molar-refractivity contribution in [3.8, 4) is 0 Å². The zero-order valence-electron chi connectivity index (χ0n) is 18.0. The zero-order valence-corrected chi connectivity index (χ0v) is 18.0. The van der Waals surface area contributed by atoms with Crippen LogP contribution in [0.5, 0.6) is 0 Å². The number of aryl methyl sites for hydroxylation is 1. The molecule has 10 nitrogen and oxygen atoms in total. The molecule has 0 saturated carbocycles. The first kappa shape index (κ1) is 20.0. The Balaban J connectivity index is 1.55. The molecule has 0 aromatic carbocycles. The molecule has 2 atom stereocenters. The van der Waals surface area contributed by atoms with Crippen molar-refractivity contribution in [3.63, 3.8) is 0 Å². The second-order valence-electron chi connectivity index (χ2n) is 8.12. The maximum absolute atomic E-state index is 5.89. The summed E-state index contributed by atoms with van der Waals surface area (Å²) in [5, 5.41) is 8.09. The third kappa shape index (κ3) is 4.26. The van der Waals surface area contributed by atoms with E-state index in [2.05, 4.69) is 34.1 Å².